The standard InChI is InChI=1S/C14H20FN5/c1-10(2)5-3-4-8-20-14(17-18-19-20)11-6-7-13(16)12(15)9-11/h6-7,9-10H,3-5,8,16H2,1-2H3. The predicted octanol–water partition coefficient (Wildman–Crippen LogP) is 2.89. The molecule has 0 radical (unpaired) electrons. The molecule has 2 N–H and O–H groups in total. The van der Waals surface area contributed by atoms with E-state index in [2.05, 4.69) is 29.4 Å². The van der Waals surface area contributed by atoms with Gasteiger partial charge in [0.25, 0.3) is 0 Å². The number of aryl methyl sites for hydroxylation is 1. The molecule has 0 saturated carbocycles. The number of nitrogen functional groups attached to an aromatic ring is 1. The normalized spacial score (nSPS) is 11.2. The fourth-order valence-corrected chi connectivity index (χ4v) is 2.04. The molecule has 5 nitrogen and oxygen atoms in total. The number of hydrogen-bond acceptors (Lipinski definition) is 4. The molecule has 0 spiro atoms. The molecule has 0 amide bonds. The minimum Gasteiger partial charge on any atom is -0.396 e. The van der Waals surface area contributed by atoms with Crippen molar-refractivity contribution in [2.24, 2.45) is 5.92 Å². The summed E-state index contributed by atoms with van der Waals surface area (Å²) in [4.78, 5) is 0. The second-order valence-electron chi connectivity index (χ2n) is 5.35. The fourth-order valence-electron chi connectivity index (χ4n) is 2.04. The zero-order valence-electron chi connectivity index (χ0n) is 11.9. The first-order valence-electron chi connectivity index (χ1n) is 6.89. The van der Waals surface area contributed by atoms with Crippen LogP contribution in [0.2, 0.25) is 0 Å². The lowest BCUT2D eigenvalue weighted by atomic mass is 10.1. The average molecular weight is 277 g/mol. The van der Waals surface area contributed by atoms with Gasteiger partial charge in [0.05, 0.1) is 5.69 Å². The minimum absolute atomic E-state index is 0.129. The van der Waals surface area contributed by atoms with Crippen LogP contribution in [0.3, 0.4) is 0 Å². The molecule has 1 aromatic heterocycles. The number of nitrogens with zero attached hydrogens (tertiary/aromatic N) is 4. The summed E-state index contributed by atoms with van der Waals surface area (Å²) in [5.41, 5.74) is 6.25. The van der Waals surface area contributed by atoms with Gasteiger partial charge < -0.3 is 5.73 Å². The third-order valence-corrected chi connectivity index (χ3v) is 3.19. The molecule has 2 rings (SSSR count). The second kappa shape index (κ2) is 6.45. The molecule has 0 aliphatic rings. The number of benzene rings is 1. The van der Waals surface area contributed by atoms with Gasteiger partial charge in [0.1, 0.15) is 5.82 Å². The highest BCUT2D eigenvalue weighted by Gasteiger charge is 2.10. The van der Waals surface area contributed by atoms with Crippen LogP contribution in [0.15, 0.2) is 18.2 Å². The summed E-state index contributed by atoms with van der Waals surface area (Å²) in [5.74, 6) is 0.833. The van der Waals surface area contributed by atoms with Crippen molar-refractivity contribution in [1.82, 2.24) is 20.2 Å². The van der Waals surface area contributed by atoms with Crippen molar-refractivity contribution in [1.29, 1.82) is 0 Å². The van der Waals surface area contributed by atoms with E-state index in [9.17, 15) is 4.39 Å². The highest BCUT2D eigenvalue weighted by Crippen LogP contribution is 2.21. The van der Waals surface area contributed by atoms with E-state index in [0.29, 0.717) is 17.3 Å². The first kappa shape index (κ1) is 14.4. The molecule has 108 valence electrons. The van der Waals surface area contributed by atoms with Crippen molar-refractivity contribution in [3.8, 4) is 11.4 Å². The van der Waals surface area contributed by atoms with Gasteiger partial charge in [0.15, 0.2) is 5.82 Å². The smallest absolute Gasteiger partial charge is 0.182 e. The van der Waals surface area contributed by atoms with E-state index in [0.717, 1.165) is 19.4 Å². The van der Waals surface area contributed by atoms with E-state index in [1.54, 1.807) is 10.7 Å². The number of nitrogens with two attached hydrogens (primary N) is 1. The summed E-state index contributed by atoms with van der Waals surface area (Å²) >= 11 is 0. The van der Waals surface area contributed by atoms with Crippen molar-refractivity contribution < 1.29 is 4.39 Å². The number of tetrazole rings is 1. The molecular formula is C14H20FN5. The highest BCUT2D eigenvalue weighted by atomic mass is 19.1. The third-order valence-electron chi connectivity index (χ3n) is 3.19. The Hall–Kier alpha value is -1.98. The van der Waals surface area contributed by atoms with Crippen molar-refractivity contribution in [2.45, 2.75) is 39.7 Å². The molecule has 0 atom stereocenters. The highest BCUT2D eigenvalue weighted by molar-refractivity contribution is 5.58. The van der Waals surface area contributed by atoms with Gasteiger partial charge in [-0.3, -0.25) is 0 Å². The molecule has 0 fully saturated rings. The summed E-state index contributed by atoms with van der Waals surface area (Å²) in [6.45, 7) is 5.15. The lowest BCUT2D eigenvalue weighted by molar-refractivity contribution is 0.487. The van der Waals surface area contributed by atoms with Crippen LogP contribution in [0.1, 0.15) is 33.1 Å². The van der Waals surface area contributed by atoms with Gasteiger partial charge in [-0.2, -0.15) is 0 Å². The van der Waals surface area contributed by atoms with Crippen LogP contribution in [0.5, 0.6) is 0 Å². The summed E-state index contributed by atoms with van der Waals surface area (Å²) in [7, 11) is 0. The zero-order chi connectivity index (χ0) is 14.5. The van der Waals surface area contributed by atoms with Gasteiger partial charge in [0.2, 0.25) is 0 Å². The number of rotatable bonds is 6. The number of aromatic nitrogens is 4. The summed E-state index contributed by atoms with van der Waals surface area (Å²) in [6.07, 6.45) is 3.33. The number of anilines is 1. The predicted molar refractivity (Wildman–Crippen MR) is 76.3 cm³/mol. The molecule has 0 aliphatic carbocycles. The zero-order valence-corrected chi connectivity index (χ0v) is 11.9. The van der Waals surface area contributed by atoms with Gasteiger partial charge in [-0.15, -0.1) is 5.10 Å². The van der Waals surface area contributed by atoms with Gasteiger partial charge >= 0.3 is 0 Å². The molecule has 1 aromatic carbocycles. The topological polar surface area (TPSA) is 69.6 Å². The first-order chi connectivity index (χ1) is 9.58. The van der Waals surface area contributed by atoms with Gasteiger partial charge in [-0.1, -0.05) is 26.7 Å². The maximum Gasteiger partial charge on any atom is 0.182 e. The van der Waals surface area contributed by atoms with E-state index < -0.39 is 5.82 Å². The molecule has 0 aliphatic heterocycles. The van der Waals surface area contributed by atoms with Crippen LogP contribution in [0.25, 0.3) is 11.4 Å². The Labute approximate surface area is 118 Å². The van der Waals surface area contributed by atoms with Crippen LogP contribution >= 0.6 is 0 Å². The van der Waals surface area contributed by atoms with Crippen molar-refractivity contribution >= 4 is 5.69 Å². The number of hydrogen-bond donors (Lipinski definition) is 1. The largest absolute Gasteiger partial charge is 0.396 e. The molecule has 20 heavy (non-hydrogen) atoms. The summed E-state index contributed by atoms with van der Waals surface area (Å²) in [5, 5.41) is 11.6. The van der Waals surface area contributed by atoms with Crippen LogP contribution in [0, 0.1) is 11.7 Å². The Morgan fingerprint density at radius 1 is 1.30 bits per heavy atom. The Morgan fingerprint density at radius 2 is 2.10 bits per heavy atom. The fraction of sp³-hybridized carbons (Fsp3) is 0.500. The molecule has 2 aromatic rings. The quantitative estimate of drug-likeness (QED) is 0.651. The molecule has 6 heteroatoms. The van der Waals surface area contributed by atoms with E-state index in [1.807, 2.05) is 0 Å². The van der Waals surface area contributed by atoms with Gasteiger partial charge in [-0.25, -0.2) is 9.07 Å². The number of halogens is 1. The molecular weight excluding hydrogens is 257 g/mol. The van der Waals surface area contributed by atoms with Crippen LogP contribution in [0.4, 0.5) is 10.1 Å². The van der Waals surface area contributed by atoms with Crippen LogP contribution in [-0.4, -0.2) is 20.2 Å². The molecule has 1 heterocycles. The minimum atomic E-state index is -0.447. The molecule has 0 saturated heterocycles. The third kappa shape index (κ3) is 3.53. The van der Waals surface area contributed by atoms with Crippen LogP contribution in [-0.2, 0) is 6.54 Å². The van der Waals surface area contributed by atoms with Crippen molar-refractivity contribution in [3.63, 3.8) is 0 Å². The molecule has 0 unspecified atom stereocenters. The van der Waals surface area contributed by atoms with Crippen molar-refractivity contribution in [3.05, 3.63) is 24.0 Å². The lowest BCUT2D eigenvalue weighted by Gasteiger charge is -2.07. The second-order valence-corrected chi connectivity index (χ2v) is 5.35. The van der Waals surface area contributed by atoms with Gasteiger partial charge in [-0.05, 0) is 41.0 Å². The summed E-state index contributed by atoms with van der Waals surface area (Å²) in [6, 6.07) is 4.63. The Morgan fingerprint density at radius 3 is 2.80 bits per heavy atom. The molecule has 0 bridgehead atoms. The first-order valence-corrected chi connectivity index (χ1v) is 6.89. The Bertz CT molecular complexity index is 564. The number of unbranched alkanes of at least 4 members (excludes halogenated alkanes) is 1. The Balaban J connectivity index is 2.06. The monoisotopic (exact) mass is 277 g/mol. The van der Waals surface area contributed by atoms with Gasteiger partial charge in [0, 0.05) is 12.1 Å². The van der Waals surface area contributed by atoms with Crippen LogP contribution < -0.4 is 5.73 Å². The lowest BCUT2D eigenvalue weighted by Crippen LogP contribution is -2.04. The van der Waals surface area contributed by atoms with Crippen molar-refractivity contribution in [2.75, 3.05) is 5.73 Å². The van der Waals surface area contributed by atoms with E-state index >= 15 is 0 Å². The maximum absolute atomic E-state index is 13.5. The maximum atomic E-state index is 13.5. The van der Waals surface area contributed by atoms with E-state index in [1.165, 1.54) is 18.6 Å². The van der Waals surface area contributed by atoms with E-state index in [-0.39, 0.29) is 5.69 Å². The van der Waals surface area contributed by atoms with E-state index in [4.69, 9.17) is 5.73 Å². The average Bonchev–Trinajstić information content (AvgIpc) is 2.86. The summed E-state index contributed by atoms with van der Waals surface area (Å²) < 4.78 is 15.2. The Kier molecular flexibility index (Phi) is 4.65. The SMILES string of the molecule is CC(C)CCCCn1nnnc1-c1ccc(N)c(F)c1.